The van der Waals surface area contributed by atoms with Crippen molar-refractivity contribution in [3.8, 4) is 5.75 Å². The Morgan fingerprint density at radius 2 is 1.81 bits per heavy atom. The predicted molar refractivity (Wildman–Crippen MR) is 103 cm³/mol. The van der Waals surface area contributed by atoms with Crippen LogP contribution in [0.4, 0.5) is 0 Å². The number of aryl methyl sites for hydroxylation is 1. The van der Waals surface area contributed by atoms with E-state index >= 15 is 0 Å². The summed E-state index contributed by atoms with van der Waals surface area (Å²) >= 11 is 0. The van der Waals surface area contributed by atoms with Crippen LogP contribution in [0.25, 0.3) is 0 Å². The third-order valence-corrected chi connectivity index (χ3v) is 6.06. The predicted octanol–water partition coefficient (Wildman–Crippen LogP) is 2.38. The normalized spacial score (nSPS) is 17.8. The first-order valence-electron chi connectivity index (χ1n) is 9.10. The van der Waals surface area contributed by atoms with Crippen LogP contribution in [-0.4, -0.2) is 62.1 Å². The molecule has 146 valence electrons. The SMILES string of the molecule is Cc1cc(OC(C)C(=O)N2CCCN(S(C)(=O)=O)CC2)ccc1C(C)C. The van der Waals surface area contributed by atoms with Gasteiger partial charge >= 0.3 is 0 Å². The lowest BCUT2D eigenvalue weighted by molar-refractivity contribution is -0.137. The third kappa shape index (κ3) is 5.20. The maximum atomic E-state index is 12.7. The van der Waals surface area contributed by atoms with Crippen LogP contribution in [0.15, 0.2) is 18.2 Å². The highest BCUT2D eigenvalue weighted by Gasteiger charge is 2.27. The molecule has 1 heterocycles. The van der Waals surface area contributed by atoms with Gasteiger partial charge in [-0.1, -0.05) is 19.9 Å². The number of hydrogen-bond acceptors (Lipinski definition) is 4. The van der Waals surface area contributed by atoms with Crippen LogP contribution in [0.3, 0.4) is 0 Å². The molecule has 1 fully saturated rings. The van der Waals surface area contributed by atoms with Crippen LogP contribution in [0.1, 0.15) is 44.2 Å². The molecule has 7 heteroatoms. The van der Waals surface area contributed by atoms with Gasteiger partial charge in [0.05, 0.1) is 6.26 Å². The van der Waals surface area contributed by atoms with Crippen molar-refractivity contribution < 1.29 is 17.9 Å². The molecule has 26 heavy (non-hydrogen) atoms. The fraction of sp³-hybridized carbons (Fsp3) is 0.632. The average Bonchev–Trinajstić information content (AvgIpc) is 2.79. The Bertz CT molecular complexity index is 746. The standard InChI is InChI=1S/C19H30N2O4S/c1-14(2)18-8-7-17(13-15(18)3)25-16(4)19(22)20-9-6-10-21(12-11-20)26(5,23)24/h7-8,13-14,16H,6,9-12H2,1-5H3. The van der Waals surface area contributed by atoms with E-state index in [0.29, 0.717) is 44.3 Å². The average molecular weight is 383 g/mol. The summed E-state index contributed by atoms with van der Waals surface area (Å²) in [5.74, 6) is 1.02. The Hall–Kier alpha value is -1.60. The molecule has 0 saturated carbocycles. The maximum absolute atomic E-state index is 12.7. The topological polar surface area (TPSA) is 66.9 Å². The van der Waals surface area contributed by atoms with E-state index in [-0.39, 0.29) is 5.91 Å². The molecule has 1 aromatic rings. The third-order valence-electron chi connectivity index (χ3n) is 4.76. The fourth-order valence-electron chi connectivity index (χ4n) is 3.33. The van der Waals surface area contributed by atoms with Crippen molar-refractivity contribution in [1.29, 1.82) is 0 Å². The zero-order valence-corrected chi connectivity index (χ0v) is 17.2. The lowest BCUT2D eigenvalue weighted by Gasteiger charge is -2.25. The number of hydrogen-bond donors (Lipinski definition) is 0. The molecule has 1 aromatic carbocycles. The molecule has 6 nitrogen and oxygen atoms in total. The van der Waals surface area contributed by atoms with Crippen molar-refractivity contribution in [3.05, 3.63) is 29.3 Å². The van der Waals surface area contributed by atoms with Crippen molar-refractivity contribution in [1.82, 2.24) is 9.21 Å². The Morgan fingerprint density at radius 3 is 2.38 bits per heavy atom. The van der Waals surface area contributed by atoms with E-state index in [4.69, 9.17) is 4.74 Å². The molecule has 0 bridgehead atoms. The second-order valence-electron chi connectivity index (χ2n) is 7.27. The highest BCUT2D eigenvalue weighted by atomic mass is 32.2. The molecule has 0 spiro atoms. The van der Waals surface area contributed by atoms with E-state index in [1.54, 1.807) is 11.8 Å². The van der Waals surface area contributed by atoms with E-state index in [9.17, 15) is 13.2 Å². The molecule has 0 aromatic heterocycles. The fourth-order valence-corrected chi connectivity index (χ4v) is 4.20. The molecule has 0 radical (unpaired) electrons. The summed E-state index contributed by atoms with van der Waals surface area (Å²) in [4.78, 5) is 14.4. The van der Waals surface area contributed by atoms with E-state index in [1.807, 2.05) is 25.1 Å². The minimum absolute atomic E-state index is 0.106. The number of amides is 1. The van der Waals surface area contributed by atoms with Crippen LogP contribution in [0.2, 0.25) is 0 Å². The van der Waals surface area contributed by atoms with Gasteiger partial charge in [0.15, 0.2) is 6.10 Å². The first-order valence-corrected chi connectivity index (χ1v) is 11.0. The molecule has 0 N–H and O–H groups in total. The number of sulfonamides is 1. The van der Waals surface area contributed by atoms with Crippen molar-refractivity contribution in [3.63, 3.8) is 0 Å². The maximum Gasteiger partial charge on any atom is 0.263 e. The molecule has 1 saturated heterocycles. The van der Waals surface area contributed by atoms with Crippen LogP contribution >= 0.6 is 0 Å². The van der Waals surface area contributed by atoms with Gasteiger partial charge in [0.25, 0.3) is 5.91 Å². The van der Waals surface area contributed by atoms with Gasteiger partial charge in [0.1, 0.15) is 5.75 Å². The van der Waals surface area contributed by atoms with E-state index < -0.39 is 16.1 Å². The first-order chi connectivity index (χ1) is 12.1. The minimum atomic E-state index is -3.22. The lowest BCUT2D eigenvalue weighted by atomic mass is 9.98. The molecule has 1 aliphatic heterocycles. The Balaban J connectivity index is 2.00. The molecule has 2 rings (SSSR count). The van der Waals surface area contributed by atoms with Gasteiger partial charge in [-0.2, -0.15) is 0 Å². The van der Waals surface area contributed by atoms with Crippen molar-refractivity contribution in [2.45, 2.75) is 46.1 Å². The minimum Gasteiger partial charge on any atom is -0.481 e. The number of benzene rings is 1. The molecule has 1 amide bonds. The van der Waals surface area contributed by atoms with Gasteiger partial charge in [-0.3, -0.25) is 4.79 Å². The van der Waals surface area contributed by atoms with Gasteiger partial charge in [-0.25, -0.2) is 12.7 Å². The van der Waals surface area contributed by atoms with Gasteiger partial charge < -0.3 is 9.64 Å². The largest absolute Gasteiger partial charge is 0.481 e. The Labute approximate surface area is 157 Å². The zero-order valence-electron chi connectivity index (χ0n) is 16.4. The Morgan fingerprint density at radius 1 is 1.12 bits per heavy atom. The highest BCUT2D eigenvalue weighted by Crippen LogP contribution is 2.24. The van der Waals surface area contributed by atoms with Gasteiger partial charge in [-0.05, 0) is 49.4 Å². The molecular formula is C19H30N2O4S. The van der Waals surface area contributed by atoms with Gasteiger partial charge in [-0.15, -0.1) is 0 Å². The zero-order chi connectivity index (χ0) is 19.5. The van der Waals surface area contributed by atoms with Crippen molar-refractivity contribution >= 4 is 15.9 Å². The number of ether oxygens (including phenoxy) is 1. The molecule has 1 aliphatic rings. The van der Waals surface area contributed by atoms with Crippen LogP contribution in [-0.2, 0) is 14.8 Å². The molecule has 0 aliphatic carbocycles. The summed E-state index contributed by atoms with van der Waals surface area (Å²) < 4.78 is 30.7. The monoisotopic (exact) mass is 382 g/mol. The molecule has 1 unspecified atom stereocenters. The number of carbonyl (C=O) groups excluding carboxylic acids is 1. The van der Waals surface area contributed by atoms with Gasteiger partial charge in [0.2, 0.25) is 10.0 Å². The first kappa shape index (κ1) is 20.7. The van der Waals surface area contributed by atoms with E-state index in [2.05, 4.69) is 13.8 Å². The van der Waals surface area contributed by atoms with Crippen LogP contribution in [0.5, 0.6) is 5.75 Å². The van der Waals surface area contributed by atoms with E-state index in [0.717, 1.165) is 5.56 Å². The summed E-state index contributed by atoms with van der Waals surface area (Å²) in [6.07, 6.45) is 1.23. The highest BCUT2D eigenvalue weighted by molar-refractivity contribution is 7.88. The quantitative estimate of drug-likeness (QED) is 0.784. The Kier molecular flexibility index (Phi) is 6.69. The summed E-state index contributed by atoms with van der Waals surface area (Å²) in [5.41, 5.74) is 2.42. The van der Waals surface area contributed by atoms with Crippen LogP contribution < -0.4 is 4.74 Å². The van der Waals surface area contributed by atoms with Crippen molar-refractivity contribution in [2.75, 3.05) is 32.4 Å². The molecule has 1 atom stereocenters. The van der Waals surface area contributed by atoms with E-state index in [1.165, 1.54) is 16.1 Å². The number of rotatable bonds is 5. The molecular weight excluding hydrogens is 352 g/mol. The number of nitrogens with zero attached hydrogens (tertiary/aromatic N) is 2. The summed E-state index contributed by atoms with van der Waals surface area (Å²) in [6.45, 7) is 9.81. The summed E-state index contributed by atoms with van der Waals surface area (Å²) in [6, 6.07) is 5.91. The van der Waals surface area contributed by atoms with Crippen molar-refractivity contribution in [2.24, 2.45) is 0 Å². The lowest BCUT2D eigenvalue weighted by Crippen LogP contribution is -2.42. The van der Waals surface area contributed by atoms with Gasteiger partial charge in [0, 0.05) is 26.2 Å². The second kappa shape index (κ2) is 8.39. The summed E-state index contributed by atoms with van der Waals surface area (Å²) in [7, 11) is -3.22. The van der Waals surface area contributed by atoms with Crippen LogP contribution in [0, 0.1) is 6.92 Å². The smallest absolute Gasteiger partial charge is 0.263 e. The second-order valence-corrected chi connectivity index (χ2v) is 9.26. The number of carbonyl (C=O) groups is 1. The summed E-state index contributed by atoms with van der Waals surface area (Å²) in [5, 5.41) is 0.